The van der Waals surface area contributed by atoms with Gasteiger partial charge >= 0.3 is 5.97 Å². The first-order valence-corrected chi connectivity index (χ1v) is 9.23. The van der Waals surface area contributed by atoms with Crippen LogP contribution in [0.4, 0.5) is 4.39 Å². The van der Waals surface area contributed by atoms with Crippen molar-refractivity contribution < 1.29 is 18.7 Å². The Hall–Kier alpha value is -3.44. The van der Waals surface area contributed by atoms with Crippen LogP contribution in [0, 0.1) is 5.82 Å². The van der Waals surface area contributed by atoms with Crippen LogP contribution < -0.4 is 0 Å². The molecule has 0 saturated carbocycles. The number of esters is 1. The van der Waals surface area contributed by atoms with Crippen LogP contribution in [0.2, 0.25) is 5.02 Å². The summed E-state index contributed by atoms with van der Waals surface area (Å²) < 4.78 is 18.9. The zero-order valence-electron chi connectivity index (χ0n) is 15.1. The fourth-order valence-corrected chi connectivity index (χ4v) is 3.39. The summed E-state index contributed by atoms with van der Waals surface area (Å²) in [6.07, 6.45) is 0.422. The maximum Gasteiger partial charge on any atom is 0.340 e. The predicted octanol–water partition coefficient (Wildman–Crippen LogP) is 5.74. The smallest absolute Gasteiger partial charge is 0.340 e. The highest BCUT2D eigenvalue weighted by Gasteiger charge is 2.29. The lowest BCUT2D eigenvalue weighted by Crippen LogP contribution is -2.20. The summed E-state index contributed by atoms with van der Waals surface area (Å²) in [7, 11) is 0. The lowest BCUT2D eigenvalue weighted by Gasteiger charge is -2.17. The third-order valence-corrected chi connectivity index (χ3v) is 4.88. The highest BCUT2D eigenvalue weighted by atomic mass is 35.5. The van der Waals surface area contributed by atoms with E-state index in [2.05, 4.69) is 4.98 Å². The maximum absolute atomic E-state index is 13.3. The van der Waals surface area contributed by atoms with Crippen LogP contribution >= 0.6 is 11.6 Å². The Morgan fingerprint density at radius 1 is 0.931 bits per heavy atom. The molecule has 1 unspecified atom stereocenters. The fraction of sp³-hybridized carbons (Fsp3) is 0.0435. The summed E-state index contributed by atoms with van der Waals surface area (Å²) in [6, 6.07) is 19.5. The van der Waals surface area contributed by atoms with Gasteiger partial charge in [0.05, 0.1) is 10.6 Å². The Morgan fingerprint density at radius 3 is 2.41 bits per heavy atom. The first-order valence-electron chi connectivity index (χ1n) is 8.86. The number of carbonyl (C=O) groups is 2. The summed E-state index contributed by atoms with van der Waals surface area (Å²) in [4.78, 5) is 29.1. The molecule has 0 spiro atoms. The molecule has 6 heteroatoms. The van der Waals surface area contributed by atoms with Gasteiger partial charge in [-0.2, -0.15) is 0 Å². The molecule has 0 amide bonds. The minimum absolute atomic E-state index is 0.0132. The second-order valence-corrected chi connectivity index (χ2v) is 6.84. The summed E-state index contributed by atoms with van der Waals surface area (Å²) in [5.74, 6) is -1.75. The number of carbonyl (C=O) groups excluding carboxylic acids is 2. The molecule has 4 aromatic rings. The molecule has 144 valence electrons. The van der Waals surface area contributed by atoms with Crippen molar-refractivity contribution in [3.05, 3.63) is 107 Å². The SMILES string of the molecule is O=C(OC(C(=O)c1c[nH]c2ccccc12)c1ccccc1)c1ccc(F)cc1Cl. The van der Waals surface area contributed by atoms with Gasteiger partial charge in [0.15, 0.2) is 6.10 Å². The number of ketones is 1. The lowest BCUT2D eigenvalue weighted by atomic mass is 9.99. The average Bonchev–Trinajstić information content (AvgIpc) is 3.16. The molecule has 0 bridgehead atoms. The molecule has 3 aromatic carbocycles. The largest absolute Gasteiger partial charge is 0.445 e. The number of para-hydroxylation sites is 1. The van der Waals surface area contributed by atoms with E-state index in [1.165, 1.54) is 6.07 Å². The van der Waals surface area contributed by atoms with Crippen molar-refractivity contribution in [3.8, 4) is 0 Å². The van der Waals surface area contributed by atoms with Crippen LogP contribution in [0.15, 0.2) is 79.0 Å². The van der Waals surface area contributed by atoms with E-state index in [-0.39, 0.29) is 16.4 Å². The highest BCUT2D eigenvalue weighted by Crippen LogP contribution is 2.29. The second kappa shape index (κ2) is 7.89. The fourth-order valence-electron chi connectivity index (χ4n) is 3.14. The van der Waals surface area contributed by atoms with Gasteiger partial charge in [0.1, 0.15) is 5.82 Å². The van der Waals surface area contributed by atoms with Gasteiger partial charge in [-0.3, -0.25) is 4.79 Å². The van der Waals surface area contributed by atoms with Gasteiger partial charge in [0, 0.05) is 28.2 Å². The monoisotopic (exact) mass is 407 g/mol. The van der Waals surface area contributed by atoms with E-state index in [4.69, 9.17) is 16.3 Å². The number of nitrogens with one attached hydrogen (secondary N) is 1. The van der Waals surface area contributed by atoms with E-state index in [0.29, 0.717) is 11.1 Å². The number of hydrogen-bond acceptors (Lipinski definition) is 3. The number of halogens is 2. The molecule has 0 aliphatic rings. The van der Waals surface area contributed by atoms with Crippen LogP contribution in [0.5, 0.6) is 0 Å². The van der Waals surface area contributed by atoms with E-state index in [1.807, 2.05) is 24.3 Å². The highest BCUT2D eigenvalue weighted by molar-refractivity contribution is 6.33. The van der Waals surface area contributed by atoms with Gasteiger partial charge in [0.25, 0.3) is 0 Å². The van der Waals surface area contributed by atoms with Crippen LogP contribution in [0.25, 0.3) is 10.9 Å². The van der Waals surface area contributed by atoms with Gasteiger partial charge in [-0.05, 0) is 24.3 Å². The molecule has 1 atom stereocenters. The molecule has 0 aliphatic heterocycles. The number of hydrogen-bond donors (Lipinski definition) is 1. The normalized spacial score (nSPS) is 11.9. The molecule has 0 saturated heterocycles. The zero-order valence-corrected chi connectivity index (χ0v) is 15.8. The first kappa shape index (κ1) is 18.9. The van der Waals surface area contributed by atoms with Gasteiger partial charge in [-0.15, -0.1) is 0 Å². The summed E-state index contributed by atoms with van der Waals surface area (Å²) in [5, 5.41) is 0.649. The predicted molar refractivity (Wildman–Crippen MR) is 109 cm³/mol. The zero-order chi connectivity index (χ0) is 20.4. The molecule has 1 aromatic heterocycles. The summed E-state index contributed by atoms with van der Waals surface area (Å²) >= 11 is 5.98. The van der Waals surface area contributed by atoms with Gasteiger partial charge in [-0.1, -0.05) is 60.1 Å². The molecule has 4 rings (SSSR count). The second-order valence-electron chi connectivity index (χ2n) is 6.43. The third-order valence-electron chi connectivity index (χ3n) is 4.57. The Bertz CT molecular complexity index is 1200. The van der Waals surface area contributed by atoms with Crippen LogP contribution in [0.3, 0.4) is 0 Å². The van der Waals surface area contributed by atoms with E-state index in [1.54, 1.807) is 36.5 Å². The van der Waals surface area contributed by atoms with Crippen molar-refractivity contribution in [2.75, 3.05) is 0 Å². The summed E-state index contributed by atoms with van der Waals surface area (Å²) in [6.45, 7) is 0. The number of benzene rings is 3. The number of fused-ring (bicyclic) bond motifs is 1. The minimum atomic E-state index is -1.18. The summed E-state index contributed by atoms with van der Waals surface area (Å²) in [5.41, 5.74) is 1.72. The Kier molecular flexibility index (Phi) is 5.14. The number of Topliss-reactive ketones (excluding diaryl/α,β-unsaturated/α-hetero) is 1. The minimum Gasteiger partial charge on any atom is -0.445 e. The molecule has 1 heterocycles. The Morgan fingerprint density at radius 2 is 1.66 bits per heavy atom. The molecular weight excluding hydrogens is 393 g/mol. The molecule has 1 N–H and O–H groups in total. The molecule has 4 nitrogen and oxygen atoms in total. The van der Waals surface area contributed by atoms with Crippen molar-refractivity contribution in [1.82, 2.24) is 4.98 Å². The average molecular weight is 408 g/mol. The van der Waals surface area contributed by atoms with Gasteiger partial charge < -0.3 is 9.72 Å². The lowest BCUT2D eigenvalue weighted by molar-refractivity contribution is 0.0280. The van der Waals surface area contributed by atoms with Crippen molar-refractivity contribution >= 4 is 34.3 Å². The van der Waals surface area contributed by atoms with Crippen molar-refractivity contribution in [2.45, 2.75) is 6.10 Å². The Labute approximate surface area is 170 Å². The van der Waals surface area contributed by atoms with E-state index < -0.39 is 17.9 Å². The number of H-pyrrole nitrogens is 1. The quantitative estimate of drug-likeness (QED) is 0.339. The number of ether oxygens (including phenoxy) is 1. The molecule has 29 heavy (non-hydrogen) atoms. The molecular formula is C23H15ClFNO3. The maximum atomic E-state index is 13.3. The number of rotatable bonds is 5. The van der Waals surface area contributed by atoms with E-state index >= 15 is 0 Å². The van der Waals surface area contributed by atoms with Crippen LogP contribution in [0.1, 0.15) is 32.4 Å². The molecule has 0 fully saturated rings. The number of aromatic nitrogens is 1. The van der Waals surface area contributed by atoms with E-state index in [9.17, 15) is 14.0 Å². The van der Waals surface area contributed by atoms with Crippen LogP contribution in [-0.4, -0.2) is 16.7 Å². The first-order chi connectivity index (χ1) is 14.0. The topological polar surface area (TPSA) is 59.2 Å². The van der Waals surface area contributed by atoms with Crippen molar-refractivity contribution in [1.29, 1.82) is 0 Å². The van der Waals surface area contributed by atoms with Gasteiger partial charge in [-0.25, -0.2) is 9.18 Å². The van der Waals surface area contributed by atoms with Gasteiger partial charge in [0.2, 0.25) is 5.78 Å². The molecule has 0 radical (unpaired) electrons. The van der Waals surface area contributed by atoms with Crippen molar-refractivity contribution in [3.63, 3.8) is 0 Å². The van der Waals surface area contributed by atoms with E-state index in [0.717, 1.165) is 23.0 Å². The third kappa shape index (κ3) is 3.77. The molecule has 0 aliphatic carbocycles. The van der Waals surface area contributed by atoms with Crippen LogP contribution in [-0.2, 0) is 4.74 Å². The Balaban J connectivity index is 1.72. The van der Waals surface area contributed by atoms with Crippen molar-refractivity contribution in [2.24, 2.45) is 0 Å². The number of aromatic amines is 1. The standard InChI is InChI=1S/C23H15ClFNO3/c24-19-12-15(25)10-11-17(19)23(28)29-22(14-6-2-1-3-7-14)21(27)18-13-26-20-9-5-4-8-16(18)20/h1-13,22,26H.